The zero-order valence-electron chi connectivity index (χ0n) is 10.3. The lowest BCUT2D eigenvalue weighted by Gasteiger charge is -2.04. The molecule has 1 N–H and O–H groups in total. The smallest absolute Gasteiger partial charge is 0.121 e. The second-order valence-corrected chi connectivity index (χ2v) is 5.15. The van der Waals surface area contributed by atoms with Crippen molar-refractivity contribution in [3.05, 3.63) is 57.6 Å². The van der Waals surface area contributed by atoms with Crippen LogP contribution in [0.15, 0.2) is 45.9 Å². The Balaban J connectivity index is 2.26. The third-order valence-corrected chi connectivity index (χ3v) is 3.23. The number of aromatic hydroxyl groups is 1. The maximum absolute atomic E-state index is 9.70. The first-order valence-electron chi connectivity index (χ1n) is 5.66. The topological polar surface area (TPSA) is 32.6 Å². The van der Waals surface area contributed by atoms with Crippen molar-refractivity contribution in [2.75, 3.05) is 0 Å². The number of nitrogens with zero attached hydrogens (tertiary/aromatic N) is 1. The fraction of sp³-hybridized carbons (Fsp3) is 0.133. The minimum absolute atomic E-state index is 0.357. The Labute approximate surface area is 115 Å². The summed E-state index contributed by atoms with van der Waals surface area (Å²) in [4.78, 5) is 4.40. The standard InChI is InChI=1S/C15H14BrNO/c1-10-7-12(8-11(2)15(10)18)9-17-14-5-3-13(16)4-6-14/h3-9,18H,1-2H3. The average molecular weight is 304 g/mol. The predicted molar refractivity (Wildman–Crippen MR) is 79.0 cm³/mol. The molecule has 3 heteroatoms. The molecule has 2 aromatic carbocycles. The summed E-state index contributed by atoms with van der Waals surface area (Å²) in [6.07, 6.45) is 1.81. The van der Waals surface area contributed by atoms with Crippen molar-refractivity contribution in [3.8, 4) is 5.75 Å². The van der Waals surface area contributed by atoms with Gasteiger partial charge in [-0.15, -0.1) is 0 Å². The molecule has 0 atom stereocenters. The van der Waals surface area contributed by atoms with Crippen LogP contribution in [-0.2, 0) is 0 Å². The first kappa shape index (κ1) is 12.8. The molecule has 0 fully saturated rings. The van der Waals surface area contributed by atoms with Gasteiger partial charge in [-0.25, -0.2) is 0 Å². The lowest BCUT2D eigenvalue weighted by Crippen LogP contribution is -1.87. The highest BCUT2D eigenvalue weighted by atomic mass is 79.9. The molecule has 0 aliphatic carbocycles. The minimum atomic E-state index is 0.357. The molecule has 0 amide bonds. The highest BCUT2D eigenvalue weighted by Gasteiger charge is 2.01. The molecule has 18 heavy (non-hydrogen) atoms. The monoisotopic (exact) mass is 303 g/mol. The van der Waals surface area contributed by atoms with Crippen molar-refractivity contribution in [1.29, 1.82) is 0 Å². The molecule has 0 heterocycles. The Morgan fingerprint density at radius 2 is 1.61 bits per heavy atom. The van der Waals surface area contributed by atoms with E-state index in [1.165, 1.54) is 0 Å². The summed E-state index contributed by atoms with van der Waals surface area (Å²) in [5.41, 5.74) is 3.63. The van der Waals surface area contributed by atoms with Gasteiger partial charge in [-0.05, 0) is 66.9 Å². The highest BCUT2D eigenvalue weighted by molar-refractivity contribution is 9.10. The van der Waals surface area contributed by atoms with Gasteiger partial charge in [0, 0.05) is 10.7 Å². The molecule has 0 saturated carbocycles. The average Bonchev–Trinajstić information content (AvgIpc) is 2.35. The molecule has 2 nitrogen and oxygen atoms in total. The molecule has 2 aromatic rings. The van der Waals surface area contributed by atoms with Crippen LogP contribution in [-0.4, -0.2) is 11.3 Å². The molecule has 0 aromatic heterocycles. The molecular formula is C15H14BrNO. The van der Waals surface area contributed by atoms with Crippen molar-refractivity contribution >= 4 is 27.8 Å². The van der Waals surface area contributed by atoms with E-state index in [2.05, 4.69) is 20.9 Å². The van der Waals surface area contributed by atoms with E-state index in [-0.39, 0.29) is 0 Å². The summed E-state index contributed by atoms with van der Waals surface area (Å²) in [5.74, 6) is 0.357. The first-order valence-corrected chi connectivity index (χ1v) is 6.45. The largest absolute Gasteiger partial charge is 0.507 e. The van der Waals surface area contributed by atoms with E-state index in [9.17, 15) is 5.11 Å². The van der Waals surface area contributed by atoms with Crippen LogP contribution in [0.4, 0.5) is 5.69 Å². The van der Waals surface area contributed by atoms with Crippen molar-refractivity contribution in [1.82, 2.24) is 0 Å². The van der Waals surface area contributed by atoms with Crippen molar-refractivity contribution in [2.24, 2.45) is 4.99 Å². The van der Waals surface area contributed by atoms with Crippen molar-refractivity contribution < 1.29 is 5.11 Å². The van der Waals surface area contributed by atoms with Gasteiger partial charge < -0.3 is 5.11 Å². The Morgan fingerprint density at radius 3 is 2.17 bits per heavy atom. The molecule has 0 radical (unpaired) electrons. The van der Waals surface area contributed by atoms with E-state index in [1.807, 2.05) is 56.5 Å². The predicted octanol–water partition coefficient (Wildman–Crippen LogP) is 4.52. The molecule has 0 spiro atoms. The van der Waals surface area contributed by atoms with Crippen LogP contribution in [0.5, 0.6) is 5.75 Å². The quantitative estimate of drug-likeness (QED) is 0.813. The fourth-order valence-electron chi connectivity index (χ4n) is 1.74. The summed E-state index contributed by atoms with van der Waals surface area (Å²) < 4.78 is 1.04. The lowest BCUT2D eigenvalue weighted by atomic mass is 10.1. The number of hydrogen-bond acceptors (Lipinski definition) is 2. The number of aryl methyl sites for hydroxylation is 2. The lowest BCUT2D eigenvalue weighted by molar-refractivity contribution is 0.467. The second kappa shape index (κ2) is 5.36. The number of phenols is 1. The van der Waals surface area contributed by atoms with Gasteiger partial charge in [-0.1, -0.05) is 15.9 Å². The van der Waals surface area contributed by atoms with Crippen molar-refractivity contribution in [2.45, 2.75) is 13.8 Å². The van der Waals surface area contributed by atoms with Crippen LogP contribution < -0.4 is 0 Å². The highest BCUT2D eigenvalue weighted by Crippen LogP contribution is 2.23. The number of benzene rings is 2. The summed E-state index contributed by atoms with van der Waals surface area (Å²) in [6, 6.07) is 11.6. The molecule has 0 aliphatic heterocycles. The Hall–Kier alpha value is -1.61. The third-order valence-electron chi connectivity index (χ3n) is 2.70. The minimum Gasteiger partial charge on any atom is -0.507 e. The number of phenolic OH excluding ortho intramolecular Hbond substituents is 1. The zero-order chi connectivity index (χ0) is 13.1. The maximum Gasteiger partial charge on any atom is 0.121 e. The van der Waals surface area contributed by atoms with Crippen molar-refractivity contribution in [3.63, 3.8) is 0 Å². The SMILES string of the molecule is Cc1cc(C=Nc2ccc(Br)cc2)cc(C)c1O. The van der Waals surface area contributed by atoms with E-state index in [4.69, 9.17) is 0 Å². The van der Waals surface area contributed by atoms with Gasteiger partial charge >= 0.3 is 0 Å². The van der Waals surface area contributed by atoms with Crippen LogP contribution in [0, 0.1) is 13.8 Å². The number of aliphatic imine (C=N–C) groups is 1. The molecular weight excluding hydrogens is 290 g/mol. The van der Waals surface area contributed by atoms with E-state index < -0.39 is 0 Å². The van der Waals surface area contributed by atoms with Crippen LogP contribution in [0.25, 0.3) is 0 Å². The van der Waals surface area contributed by atoms with Gasteiger partial charge in [-0.3, -0.25) is 4.99 Å². The first-order chi connectivity index (χ1) is 8.56. The molecule has 0 aliphatic rings. The van der Waals surface area contributed by atoms with Crippen LogP contribution in [0.1, 0.15) is 16.7 Å². The Bertz CT molecular complexity index is 565. The summed E-state index contributed by atoms with van der Waals surface area (Å²) in [5, 5.41) is 9.70. The van der Waals surface area contributed by atoms with Gasteiger partial charge in [0.05, 0.1) is 5.69 Å². The number of halogens is 1. The van der Waals surface area contributed by atoms with E-state index in [0.717, 1.165) is 26.9 Å². The molecule has 2 rings (SSSR count). The molecule has 0 bridgehead atoms. The van der Waals surface area contributed by atoms with Gasteiger partial charge in [0.1, 0.15) is 5.75 Å². The Morgan fingerprint density at radius 1 is 1.06 bits per heavy atom. The normalized spacial score (nSPS) is 11.1. The number of hydrogen-bond donors (Lipinski definition) is 1. The van der Waals surface area contributed by atoms with Gasteiger partial charge in [0.2, 0.25) is 0 Å². The second-order valence-electron chi connectivity index (χ2n) is 4.24. The zero-order valence-corrected chi connectivity index (χ0v) is 11.9. The summed E-state index contributed by atoms with van der Waals surface area (Å²) in [7, 11) is 0. The molecule has 92 valence electrons. The van der Waals surface area contributed by atoms with E-state index >= 15 is 0 Å². The van der Waals surface area contributed by atoms with Crippen LogP contribution >= 0.6 is 15.9 Å². The summed E-state index contributed by atoms with van der Waals surface area (Å²) >= 11 is 3.39. The summed E-state index contributed by atoms with van der Waals surface area (Å²) in [6.45, 7) is 3.78. The van der Waals surface area contributed by atoms with Gasteiger partial charge in [0.25, 0.3) is 0 Å². The Kier molecular flexibility index (Phi) is 3.82. The third kappa shape index (κ3) is 2.99. The fourth-order valence-corrected chi connectivity index (χ4v) is 2.00. The van der Waals surface area contributed by atoms with Crippen LogP contribution in [0.3, 0.4) is 0 Å². The van der Waals surface area contributed by atoms with Gasteiger partial charge in [0.15, 0.2) is 0 Å². The van der Waals surface area contributed by atoms with Crippen LogP contribution in [0.2, 0.25) is 0 Å². The number of rotatable bonds is 2. The van der Waals surface area contributed by atoms with E-state index in [0.29, 0.717) is 5.75 Å². The van der Waals surface area contributed by atoms with E-state index in [1.54, 1.807) is 0 Å². The molecule has 0 unspecified atom stereocenters. The van der Waals surface area contributed by atoms with Gasteiger partial charge in [-0.2, -0.15) is 0 Å². The molecule has 0 saturated heterocycles. The maximum atomic E-state index is 9.70.